The molecule has 17 heavy (non-hydrogen) atoms. The van der Waals surface area contributed by atoms with Crippen molar-refractivity contribution in [3.8, 4) is 0 Å². The fourth-order valence-corrected chi connectivity index (χ4v) is 2.66. The van der Waals surface area contributed by atoms with Crippen LogP contribution in [-0.4, -0.2) is 41.9 Å². The van der Waals surface area contributed by atoms with Crippen LogP contribution in [0.4, 0.5) is 0 Å². The normalized spacial score (nSPS) is 19.9. The largest absolute Gasteiger partial charge is 0.343 e. The summed E-state index contributed by atoms with van der Waals surface area (Å²) >= 11 is 0. The number of benzene rings is 1. The molecular formula is C14H19N3. The molecule has 0 N–H and O–H groups in total. The molecule has 0 aliphatic carbocycles. The predicted molar refractivity (Wildman–Crippen MR) is 70.0 cm³/mol. The molecule has 1 aromatic rings. The average molecular weight is 229 g/mol. The van der Waals surface area contributed by atoms with Gasteiger partial charge in [-0.25, -0.2) is 0 Å². The van der Waals surface area contributed by atoms with Gasteiger partial charge in [0.1, 0.15) is 0 Å². The van der Waals surface area contributed by atoms with E-state index >= 15 is 0 Å². The van der Waals surface area contributed by atoms with E-state index in [1.165, 1.54) is 37.5 Å². The molecule has 0 atom stereocenters. The highest BCUT2D eigenvalue weighted by Crippen LogP contribution is 2.16. The van der Waals surface area contributed by atoms with Crippen LogP contribution in [-0.2, 0) is 6.54 Å². The van der Waals surface area contributed by atoms with Gasteiger partial charge in [0.05, 0.1) is 0 Å². The minimum Gasteiger partial charge on any atom is -0.343 e. The maximum atomic E-state index is 4.70. The summed E-state index contributed by atoms with van der Waals surface area (Å²) in [6.07, 6.45) is 2.47. The first-order chi connectivity index (χ1) is 8.43. The maximum absolute atomic E-state index is 4.70. The van der Waals surface area contributed by atoms with E-state index in [-0.39, 0.29) is 0 Å². The summed E-state index contributed by atoms with van der Waals surface area (Å²) in [4.78, 5) is 9.57. The minimum absolute atomic E-state index is 0.996. The van der Waals surface area contributed by atoms with Crippen molar-refractivity contribution in [2.24, 2.45) is 4.99 Å². The third-order valence-corrected chi connectivity index (χ3v) is 3.48. The average Bonchev–Trinajstić information content (AvgIpc) is 2.40. The third kappa shape index (κ3) is 2.28. The molecule has 2 aliphatic rings. The Hall–Kier alpha value is -1.51. The molecule has 90 valence electrons. The van der Waals surface area contributed by atoms with Crippen LogP contribution in [0.2, 0.25) is 0 Å². The van der Waals surface area contributed by atoms with Crippen molar-refractivity contribution in [3.05, 3.63) is 35.9 Å². The topological polar surface area (TPSA) is 18.8 Å². The summed E-state index contributed by atoms with van der Waals surface area (Å²) in [7, 11) is 0. The number of hydrogen-bond donors (Lipinski definition) is 0. The van der Waals surface area contributed by atoms with E-state index < -0.39 is 0 Å². The SMILES string of the molecule is c1ccc(CN2CCCN3CCCN=C32)cc1. The van der Waals surface area contributed by atoms with Gasteiger partial charge in [-0.15, -0.1) is 0 Å². The Morgan fingerprint density at radius 2 is 1.82 bits per heavy atom. The number of fused-ring (bicyclic) bond motifs is 1. The van der Waals surface area contributed by atoms with Crippen LogP contribution in [0.5, 0.6) is 0 Å². The van der Waals surface area contributed by atoms with Crippen molar-refractivity contribution < 1.29 is 0 Å². The van der Waals surface area contributed by atoms with Crippen LogP contribution in [0.1, 0.15) is 18.4 Å². The third-order valence-electron chi connectivity index (χ3n) is 3.48. The van der Waals surface area contributed by atoms with Gasteiger partial charge in [-0.3, -0.25) is 4.99 Å². The Morgan fingerprint density at radius 1 is 1.00 bits per heavy atom. The molecule has 0 spiro atoms. The Kier molecular flexibility index (Phi) is 2.99. The molecule has 3 nitrogen and oxygen atoms in total. The maximum Gasteiger partial charge on any atom is 0.196 e. The van der Waals surface area contributed by atoms with Gasteiger partial charge >= 0.3 is 0 Å². The van der Waals surface area contributed by atoms with Gasteiger partial charge in [0.2, 0.25) is 0 Å². The lowest BCUT2D eigenvalue weighted by Gasteiger charge is -2.41. The van der Waals surface area contributed by atoms with Crippen LogP contribution in [0.15, 0.2) is 35.3 Å². The van der Waals surface area contributed by atoms with E-state index in [9.17, 15) is 0 Å². The second-order valence-corrected chi connectivity index (χ2v) is 4.78. The van der Waals surface area contributed by atoms with Crippen molar-refractivity contribution in [1.82, 2.24) is 9.80 Å². The van der Waals surface area contributed by atoms with Gasteiger partial charge in [0.15, 0.2) is 5.96 Å². The lowest BCUT2D eigenvalue weighted by Crippen LogP contribution is -2.51. The first-order valence-corrected chi connectivity index (χ1v) is 6.52. The lowest BCUT2D eigenvalue weighted by molar-refractivity contribution is 0.239. The molecule has 1 saturated heterocycles. The second kappa shape index (κ2) is 4.78. The Balaban J connectivity index is 1.76. The molecule has 0 radical (unpaired) electrons. The highest BCUT2D eigenvalue weighted by atomic mass is 15.4. The summed E-state index contributed by atoms with van der Waals surface area (Å²) < 4.78 is 0. The highest BCUT2D eigenvalue weighted by molar-refractivity contribution is 5.81. The standard InChI is InChI=1S/C14H19N3/c1-2-6-13(7-3-1)12-17-11-5-10-16-9-4-8-15-14(16)17/h1-3,6-7H,4-5,8-12H2. The molecule has 0 aromatic heterocycles. The molecule has 3 heteroatoms. The fraction of sp³-hybridized carbons (Fsp3) is 0.500. The number of rotatable bonds is 2. The molecule has 3 rings (SSSR count). The van der Waals surface area contributed by atoms with Crippen molar-refractivity contribution in [1.29, 1.82) is 0 Å². The summed E-state index contributed by atoms with van der Waals surface area (Å²) in [5.41, 5.74) is 1.38. The molecule has 0 unspecified atom stereocenters. The summed E-state index contributed by atoms with van der Waals surface area (Å²) in [5.74, 6) is 1.23. The van der Waals surface area contributed by atoms with E-state index in [0.29, 0.717) is 0 Å². The van der Waals surface area contributed by atoms with Gasteiger partial charge in [0.25, 0.3) is 0 Å². The molecular weight excluding hydrogens is 210 g/mol. The van der Waals surface area contributed by atoms with Crippen molar-refractivity contribution in [2.45, 2.75) is 19.4 Å². The van der Waals surface area contributed by atoms with Crippen LogP contribution in [0.25, 0.3) is 0 Å². The summed E-state index contributed by atoms with van der Waals surface area (Å²) in [6.45, 7) is 5.51. The van der Waals surface area contributed by atoms with Gasteiger partial charge < -0.3 is 9.80 Å². The van der Waals surface area contributed by atoms with Crippen LogP contribution < -0.4 is 0 Å². The molecule has 0 bridgehead atoms. The first-order valence-electron chi connectivity index (χ1n) is 6.52. The Labute approximate surface area is 103 Å². The summed E-state index contributed by atoms with van der Waals surface area (Å²) in [6, 6.07) is 10.7. The van der Waals surface area contributed by atoms with Crippen LogP contribution in [0, 0.1) is 0 Å². The second-order valence-electron chi connectivity index (χ2n) is 4.78. The van der Waals surface area contributed by atoms with Crippen LogP contribution in [0.3, 0.4) is 0 Å². The lowest BCUT2D eigenvalue weighted by atomic mass is 10.2. The zero-order chi connectivity index (χ0) is 11.5. The first kappa shape index (κ1) is 10.6. The minimum atomic E-state index is 0.996. The Morgan fingerprint density at radius 3 is 2.71 bits per heavy atom. The van der Waals surface area contributed by atoms with Gasteiger partial charge in [-0.1, -0.05) is 30.3 Å². The fourth-order valence-electron chi connectivity index (χ4n) is 2.66. The number of aliphatic imine (C=N–C) groups is 1. The van der Waals surface area contributed by atoms with Gasteiger partial charge in [-0.2, -0.15) is 0 Å². The molecule has 1 fully saturated rings. The zero-order valence-electron chi connectivity index (χ0n) is 10.2. The highest BCUT2D eigenvalue weighted by Gasteiger charge is 2.25. The molecule has 2 heterocycles. The van der Waals surface area contributed by atoms with E-state index in [4.69, 9.17) is 4.99 Å². The van der Waals surface area contributed by atoms with Gasteiger partial charge in [0, 0.05) is 32.7 Å². The number of hydrogen-bond acceptors (Lipinski definition) is 3. The van der Waals surface area contributed by atoms with Crippen molar-refractivity contribution in [3.63, 3.8) is 0 Å². The summed E-state index contributed by atoms with van der Waals surface area (Å²) in [5, 5.41) is 0. The molecule has 2 aliphatic heterocycles. The number of guanidine groups is 1. The van der Waals surface area contributed by atoms with Gasteiger partial charge in [-0.05, 0) is 18.4 Å². The molecule has 0 amide bonds. The quantitative estimate of drug-likeness (QED) is 0.772. The monoisotopic (exact) mass is 229 g/mol. The number of nitrogens with zero attached hydrogens (tertiary/aromatic N) is 3. The Bertz CT molecular complexity index is 399. The zero-order valence-corrected chi connectivity index (χ0v) is 10.2. The smallest absolute Gasteiger partial charge is 0.196 e. The van der Waals surface area contributed by atoms with Crippen LogP contribution >= 0.6 is 0 Å². The van der Waals surface area contributed by atoms with E-state index in [2.05, 4.69) is 40.1 Å². The molecule has 0 saturated carbocycles. The van der Waals surface area contributed by atoms with E-state index in [1.807, 2.05) is 0 Å². The van der Waals surface area contributed by atoms with E-state index in [0.717, 1.165) is 19.6 Å². The molecule has 1 aromatic carbocycles. The van der Waals surface area contributed by atoms with Crippen molar-refractivity contribution in [2.75, 3.05) is 26.2 Å². The van der Waals surface area contributed by atoms with E-state index in [1.54, 1.807) is 0 Å². The predicted octanol–water partition coefficient (Wildman–Crippen LogP) is 1.95. The van der Waals surface area contributed by atoms with Crippen molar-refractivity contribution >= 4 is 5.96 Å².